The normalized spacial score (nSPS) is 20.7. The van der Waals surface area contributed by atoms with Crippen molar-refractivity contribution in [2.45, 2.75) is 31.3 Å². The number of carbonyl (C=O) groups excluding carboxylic acids is 2. The number of benzene rings is 1. The maximum atomic E-state index is 13.4. The van der Waals surface area contributed by atoms with Gasteiger partial charge in [-0.05, 0) is 37.5 Å². The second kappa shape index (κ2) is 8.99. The molecule has 2 amide bonds. The molecule has 2 fully saturated rings. The first-order valence-corrected chi connectivity index (χ1v) is 9.51. The highest BCUT2D eigenvalue weighted by molar-refractivity contribution is 6.31. The average molecular weight is 399 g/mol. The van der Waals surface area contributed by atoms with Crippen LogP contribution in [0.25, 0.3) is 0 Å². The summed E-state index contributed by atoms with van der Waals surface area (Å²) in [6.45, 7) is 2.27. The zero-order chi connectivity index (χ0) is 19.4. The SMILES string of the molecule is COCC(=O)N(C1CCOCC1)C1CCN(C(=O)c2ccc(F)c(Cl)c2)C1. The highest BCUT2D eigenvalue weighted by Crippen LogP contribution is 2.25. The minimum absolute atomic E-state index is 0.0232. The average Bonchev–Trinajstić information content (AvgIpc) is 3.14. The van der Waals surface area contributed by atoms with Gasteiger partial charge in [-0.2, -0.15) is 0 Å². The second-order valence-corrected chi connectivity index (χ2v) is 7.31. The van der Waals surface area contributed by atoms with Gasteiger partial charge in [0.2, 0.25) is 5.91 Å². The van der Waals surface area contributed by atoms with Crippen molar-refractivity contribution in [1.29, 1.82) is 0 Å². The van der Waals surface area contributed by atoms with E-state index < -0.39 is 5.82 Å². The van der Waals surface area contributed by atoms with Crippen LogP contribution in [0, 0.1) is 5.82 Å². The van der Waals surface area contributed by atoms with Crippen molar-refractivity contribution in [2.75, 3.05) is 40.0 Å². The van der Waals surface area contributed by atoms with Gasteiger partial charge in [0.25, 0.3) is 5.91 Å². The van der Waals surface area contributed by atoms with Crippen LogP contribution in [-0.4, -0.2) is 73.7 Å². The number of hydrogen-bond donors (Lipinski definition) is 0. The molecule has 0 saturated carbocycles. The van der Waals surface area contributed by atoms with Gasteiger partial charge in [0.05, 0.1) is 11.1 Å². The molecule has 1 atom stereocenters. The molecule has 1 unspecified atom stereocenters. The third-order valence-electron chi connectivity index (χ3n) is 5.15. The summed E-state index contributed by atoms with van der Waals surface area (Å²) < 4.78 is 23.8. The molecule has 1 aromatic carbocycles. The number of rotatable bonds is 5. The number of amides is 2. The zero-order valence-electron chi connectivity index (χ0n) is 15.3. The summed E-state index contributed by atoms with van der Waals surface area (Å²) in [6.07, 6.45) is 2.27. The highest BCUT2D eigenvalue weighted by atomic mass is 35.5. The van der Waals surface area contributed by atoms with Crippen LogP contribution >= 0.6 is 11.6 Å². The van der Waals surface area contributed by atoms with Crippen LogP contribution in [0.15, 0.2) is 18.2 Å². The number of likely N-dealkylation sites (tertiary alicyclic amines) is 1. The number of halogens is 2. The number of ether oxygens (including phenoxy) is 2. The molecule has 148 valence electrons. The van der Waals surface area contributed by atoms with E-state index in [1.807, 2.05) is 4.90 Å². The first-order chi connectivity index (χ1) is 13.0. The zero-order valence-corrected chi connectivity index (χ0v) is 16.1. The van der Waals surface area contributed by atoms with Crippen molar-refractivity contribution < 1.29 is 23.5 Å². The lowest BCUT2D eigenvalue weighted by atomic mass is 10.0. The second-order valence-electron chi connectivity index (χ2n) is 6.90. The predicted octanol–water partition coefficient (Wildman–Crippen LogP) is 2.35. The van der Waals surface area contributed by atoms with Crippen molar-refractivity contribution in [3.8, 4) is 0 Å². The van der Waals surface area contributed by atoms with Crippen molar-refractivity contribution in [3.63, 3.8) is 0 Å². The molecule has 6 nitrogen and oxygen atoms in total. The largest absolute Gasteiger partial charge is 0.381 e. The Hall–Kier alpha value is -1.70. The summed E-state index contributed by atoms with van der Waals surface area (Å²) >= 11 is 5.80. The van der Waals surface area contributed by atoms with Crippen molar-refractivity contribution >= 4 is 23.4 Å². The van der Waals surface area contributed by atoms with Gasteiger partial charge >= 0.3 is 0 Å². The van der Waals surface area contributed by atoms with E-state index in [1.54, 1.807) is 4.90 Å². The topological polar surface area (TPSA) is 59.1 Å². The van der Waals surface area contributed by atoms with Crippen LogP contribution in [0.2, 0.25) is 5.02 Å². The van der Waals surface area contributed by atoms with Crippen LogP contribution in [0.1, 0.15) is 29.6 Å². The fraction of sp³-hybridized carbons (Fsp3) is 0.579. The molecule has 0 N–H and O–H groups in total. The Labute approximate surface area is 163 Å². The first kappa shape index (κ1) is 20.0. The highest BCUT2D eigenvalue weighted by Gasteiger charge is 2.37. The van der Waals surface area contributed by atoms with Crippen molar-refractivity contribution in [2.24, 2.45) is 0 Å². The lowest BCUT2D eigenvalue weighted by molar-refractivity contribution is -0.142. The molecule has 0 radical (unpaired) electrons. The fourth-order valence-corrected chi connectivity index (χ4v) is 4.01. The van der Waals surface area contributed by atoms with E-state index in [2.05, 4.69) is 0 Å². The van der Waals surface area contributed by atoms with Gasteiger partial charge in [0.1, 0.15) is 12.4 Å². The monoisotopic (exact) mass is 398 g/mol. The van der Waals surface area contributed by atoms with Crippen LogP contribution in [0.5, 0.6) is 0 Å². The Kier molecular flexibility index (Phi) is 6.68. The lowest BCUT2D eigenvalue weighted by Crippen LogP contribution is -2.51. The summed E-state index contributed by atoms with van der Waals surface area (Å²) in [5.74, 6) is -0.817. The van der Waals surface area contributed by atoms with E-state index in [0.29, 0.717) is 38.3 Å². The molecular formula is C19H24ClFN2O4. The molecule has 0 aliphatic carbocycles. The van der Waals surface area contributed by atoms with Crippen LogP contribution in [0.4, 0.5) is 4.39 Å². The van der Waals surface area contributed by atoms with Crippen LogP contribution in [-0.2, 0) is 14.3 Å². The molecule has 1 aromatic rings. The minimum atomic E-state index is -0.552. The molecule has 8 heteroatoms. The number of carbonyl (C=O) groups is 2. The minimum Gasteiger partial charge on any atom is -0.381 e. The Bertz CT molecular complexity index is 696. The number of hydrogen-bond acceptors (Lipinski definition) is 4. The van der Waals surface area contributed by atoms with Gasteiger partial charge in [-0.1, -0.05) is 11.6 Å². The van der Waals surface area contributed by atoms with E-state index in [-0.39, 0.29) is 35.5 Å². The molecular weight excluding hydrogens is 375 g/mol. The molecule has 0 aromatic heterocycles. The Balaban J connectivity index is 1.71. The van der Waals surface area contributed by atoms with E-state index in [0.717, 1.165) is 12.8 Å². The van der Waals surface area contributed by atoms with Crippen molar-refractivity contribution in [3.05, 3.63) is 34.6 Å². The van der Waals surface area contributed by atoms with Crippen molar-refractivity contribution in [1.82, 2.24) is 9.80 Å². The van der Waals surface area contributed by atoms with Gasteiger partial charge in [-0.15, -0.1) is 0 Å². The summed E-state index contributed by atoms with van der Waals surface area (Å²) in [5.41, 5.74) is 0.350. The fourth-order valence-electron chi connectivity index (χ4n) is 3.83. The molecule has 2 aliphatic heterocycles. The van der Waals surface area contributed by atoms with Gasteiger partial charge in [0, 0.05) is 45.0 Å². The van der Waals surface area contributed by atoms with E-state index in [1.165, 1.54) is 25.3 Å². The summed E-state index contributed by atoms with van der Waals surface area (Å²) in [5, 5.41) is -0.0734. The third kappa shape index (κ3) is 4.59. The Morgan fingerprint density at radius 2 is 2.04 bits per heavy atom. The summed E-state index contributed by atoms with van der Waals surface area (Å²) in [6, 6.07) is 4.01. The molecule has 27 heavy (non-hydrogen) atoms. The van der Waals surface area contributed by atoms with E-state index in [4.69, 9.17) is 21.1 Å². The van der Waals surface area contributed by atoms with E-state index >= 15 is 0 Å². The number of nitrogens with zero attached hydrogens (tertiary/aromatic N) is 2. The molecule has 0 spiro atoms. The van der Waals surface area contributed by atoms with Gasteiger partial charge < -0.3 is 19.3 Å². The molecule has 3 rings (SSSR count). The molecule has 2 aliphatic rings. The molecule has 0 bridgehead atoms. The summed E-state index contributed by atoms with van der Waals surface area (Å²) in [4.78, 5) is 29.0. The number of methoxy groups -OCH3 is 1. The maximum Gasteiger partial charge on any atom is 0.253 e. The van der Waals surface area contributed by atoms with Gasteiger partial charge in [-0.3, -0.25) is 9.59 Å². The molecule has 2 saturated heterocycles. The van der Waals surface area contributed by atoms with Gasteiger partial charge in [0.15, 0.2) is 0 Å². The summed E-state index contributed by atoms with van der Waals surface area (Å²) in [7, 11) is 1.50. The van der Waals surface area contributed by atoms with Crippen LogP contribution < -0.4 is 0 Å². The van der Waals surface area contributed by atoms with Crippen LogP contribution in [0.3, 0.4) is 0 Å². The maximum absolute atomic E-state index is 13.4. The Morgan fingerprint density at radius 3 is 2.70 bits per heavy atom. The van der Waals surface area contributed by atoms with Gasteiger partial charge in [-0.25, -0.2) is 4.39 Å². The lowest BCUT2D eigenvalue weighted by Gasteiger charge is -2.38. The standard InChI is InChI=1S/C19H24ClFN2O4/c1-26-12-18(24)23(14-5-8-27-9-6-14)15-4-7-22(11-15)19(25)13-2-3-17(21)16(20)10-13/h2-3,10,14-15H,4-9,11-12H2,1H3. The smallest absolute Gasteiger partial charge is 0.253 e. The third-order valence-corrected chi connectivity index (χ3v) is 5.44. The molecule has 2 heterocycles. The Morgan fingerprint density at radius 1 is 1.30 bits per heavy atom. The first-order valence-electron chi connectivity index (χ1n) is 9.13. The van der Waals surface area contributed by atoms with E-state index in [9.17, 15) is 14.0 Å². The predicted molar refractivity (Wildman–Crippen MR) is 98.3 cm³/mol. The quantitative estimate of drug-likeness (QED) is 0.764.